The van der Waals surface area contributed by atoms with Crippen LogP contribution in [-0.4, -0.2) is 24.1 Å². The lowest BCUT2D eigenvalue weighted by Gasteiger charge is -2.26. The summed E-state index contributed by atoms with van der Waals surface area (Å²) in [7, 11) is 0. The molecule has 0 radical (unpaired) electrons. The molecular weight excluding hydrogens is 1620 g/mol. The van der Waals surface area contributed by atoms with Gasteiger partial charge in [0.2, 0.25) is 0 Å². The molecule has 0 unspecified atom stereocenters. The minimum Gasteiger partial charge on any atom is -0.311 e. The molecule has 0 saturated carbocycles. The molecule has 0 bridgehead atoms. The molecule has 0 N–H and O–H groups in total. The van der Waals surface area contributed by atoms with E-state index in [1.807, 2.05) is 84.5 Å². The molecule has 9 heteroatoms. The summed E-state index contributed by atoms with van der Waals surface area (Å²) >= 11 is 1.85. The van der Waals surface area contributed by atoms with Crippen molar-refractivity contribution < 1.29 is 0 Å². The van der Waals surface area contributed by atoms with Gasteiger partial charge in [-0.05, 0) is 257 Å². The molecule has 18 aromatic carbocycles. The molecule has 8 nitrogen and oxygen atoms in total. The van der Waals surface area contributed by atoms with Crippen molar-refractivity contribution in [1.29, 1.82) is 0 Å². The first kappa shape index (κ1) is 80.5. The number of nitrogens with zero attached hydrogens (tertiary/aromatic N) is 8. The van der Waals surface area contributed by atoms with E-state index < -0.39 is 0 Å². The molecule has 6 aromatic heterocycles. The number of anilines is 9. The highest BCUT2D eigenvalue weighted by atomic mass is 32.1. The van der Waals surface area contributed by atoms with Crippen molar-refractivity contribution in [1.82, 2.24) is 24.1 Å². The molecule has 0 aliphatic carbocycles. The number of fused-ring (bicyclic) bond motifs is 9. The maximum Gasteiger partial charge on any atom is 0.0701 e. The van der Waals surface area contributed by atoms with Gasteiger partial charge in [0, 0.05) is 140 Å². The second-order valence-electron chi connectivity index (χ2n) is 32.7. The Bertz CT molecular complexity index is 7790. The zero-order chi connectivity index (χ0) is 87.9. The summed E-state index contributed by atoms with van der Waals surface area (Å²) in [5.74, 6) is 0. The lowest BCUT2D eigenvalue weighted by molar-refractivity contribution is 1.17. The summed E-state index contributed by atoms with van der Waals surface area (Å²) in [4.78, 5) is 20.6. The highest BCUT2D eigenvalue weighted by molar-refractivity contribution is 7.25. The van der Waals surface area contributed by atoms with E-state index in [0.717, 1.165) is 90.6 Å². The second kappa shape index (κ2) is 36.5. The molecule has 0 aliphatic rings. The van der Waals surface area contributed by atoms with Gasteiger partial charge in [0.05, 0.1) is 39.1 Å². The fourth-order valence-corrected chi connectivity index (χ4v) is 19.3. The van der Waals surface area contributed by atoms with Gasteiger partial charge in [0.1, 0.15) is 0 Å². The standard InChI is InChI=1S/C47H33N3.C41H29N3.C35H24N2S/c1-3-11-34(12-4-1)35-18-25-40(26-19-35)49(42-29-22-37(23-30-42)45-16-9-10-32-48-45)41-27-20-36(21-28-41)38-24-31-47-44(33-38)43-15-7-8-17-46(43)50(47)39-13-5-2-6-14-39;1-2-10-30(11-3-1)31-17-21-33(22-18-31)43(34-23-19-32(20-24-34)39-14-8-9-29-42-39)35-25-27-36(28-26-35)44-40-15-6-4-12-37(40)38-13-5-7-16-41(38)44;1-2-8-25(9-3-1)26-13-17-28(18-14-26)37(29-19-15-27(16-20-29)33-11-6-7-23-36-33)30-21-22-35-32(24-30)31-10-4-5-12-34(31)38-35/h1-33H;1-29H;1-24H. The average Bonchev–Trinajstić information content (AvgIpc) is 1.60. The lowest BCUT2D eigenvalue weighted by Crippen LogP contribution is -2.10. The predicted octanol–water partition coefficient (Wildman–Crippen LogP) is 33.9. The maximum absolute atomic E-state index is 4.55. The van der Waals surface area contributed by atoms with Gasteiger partial charge < -0.3 is 23.8 Å². The van der Waals surface area contributed by atoms with Gasteiger partial charge in [-0.3, -0.25) is 15.0 Å². The molecule has 0 amide bonds. The molecule has 0 fully saturated rings. The van der Waals surface area contributed by atoms with Crippen LogP contribution in [0.1, 0.15) is 0 Å². The van der Waals surface area contributed by atoms with Gasteiger partial charge in [0.25, 0.3) is 0 Å². The van der Waals surface area contributed by atoms with Gasteiger partial charge in [0.15, 0.2) is 0 Å². The van der Waals surface area contributed by atoms with E-state index in [4.69, 9.17) is 0 Å². The molecular formula is C123H86N8S. The van der Waals surface area contributed by atoms with Crippen molar-refractivity contribution in [3.63, 3.8) is 0 Å². The van der Waals surface area contributed by atoms with Gasteiger partial charge >= 0.3 is 0 Å². The molecule has 0 aliphatic heterocycles. The van der Waals surface area contributed by atoms with E-state index in [9.17, 15) is 0 Å². The maximum atomic E-state index is 4.55. The first-order chi connectivity index (χ1) is 65.5. The van der Waals surface area contributed by atoms with Gasteiger partial charge in [-0.1, -0.05) is 291 Å². The van der Waals surface area contributed by atoms with Crippen LogP contribution in [0.3, 0.4) is 0 Å². The van der Waals surface area contributed by atoms with Crippen molar-refractivity contribution in [2.75, 3.05) is 14.7 Å². The van der Waals surface area contributed by atoms with Crippen LogP contribution >= 0.6 is 11.3 Å². The third kappa shape index (κ3) is 16.4. The first-order valence-electron chi connectivity index (χ1n) is 44.6. The number of hydrogen-bond donors (Lipinski definition) is 0. The number of thiophene rings is 1. The Morgan fingerprint density at radius 2 is 0.417 bits per heavy atom. The summed E-state index contributed by atoms with van der Waals surface area (Å²) in [5.41, 5.74) is 32.8. The van der Waals surface area contributed by atoms with Crippen molar-refractivity contribution >= 4 is 126 Å². The number of hydrogen-bond acceptors (Lipinski definition) is 7. The SMILES string of the molecule is c1ccc(-c2ccc(N(c3ccc(-c4ccc5c(c4)c4ccccc4n5-c4ccccc4)cc3)c3ccc(-c4ccccn4)cc3)cc2)cc1.c1ccc(-c2ccc(N(c3ccc(-c4ccccn4)cc3)c3ccc(-n4c5ccccc5c5ccccc54)cc3)cc2)cc1.c1ccc(-c2ccc(N(c3ccc(-c4ccccn4)cc3)c3ccc4sc5ccccc5c4c3)cc2)cc1. The number of benzene rings is 18. The highest BCUT2D eigenvalue weighted by Gasteiger charge is 2.22. The number of para-hydroxylation sites is 4. The Hall–Kier alpha value is -17.4. The largest absolute Gasteiger partial charge is 0.311 e. The molecule has 624 valence electrons. The van der Waals surface area contributed by atoms with Gasteiger partial charge in [-0.15, -0.1) is 11.3 Å². The van der Waals surface area contributed by atoms with Crippen LogP contribution < -0.4 is 14.7 Å². The quantitative estimate of drug-likeness (QED) is 0.0853. The molecule has 0 saturated heterocycles. The van der Waals surface area contributed by atoms with Crippen LogP contribution in [0.2, 0.25) is 0 Å². The van der Waals surface area contributed by atoms with E-state index in [1.54, 1.807) is 0 Å². The topological polar surface area (TPSA) is 58.3 Å². The molecule has 24 rings (SSSR count). The van der Waals surface area contributed by atoms with E-state index >= 15 is 0 Å². The van der Waals surface area contributed by atoms with Crippen molar-refractivity contribution in [2.24, 2.45) is 0 Å². The van der Waals surface area contributed by atoms with Crippen LogP contribution in [0.4, 0.5) is 51.2 Å². The van der Waals surface area contributed by atoms with Crippen molar-refractivity contribution in [3.05, 3.63) is 522 Å². The highest BCUT2D eigenvalue weighted by Crippen LogP contribution is 2.46. The molecule has 6 heterocycles. The van der Waals surface area contributed by atoms with E-state index in [2.05, 4.69) is 488 Å². The molecule has 132 heavy (non-hydrogen) atoms. The minimum absolute atomic E-state index is 0.964. The zero-order valence-corrected chi connectivity index (χ0v) is 73.0. The monoisotopic (exact) mass is 1710 g/mol. The average molecular weight is 1710 g/mol. The van der Waals surface area contributed by atoms with Crippen molar-refractivity contribution in [3.8, 4) is 89.7 Å². The number of aromatic nitrogens is 5. The first-order valence-corrected chi connectivity index (χ1v) is 45.4. The van der Waals surface area contributed by atoms with E-state index in [0.29, 0.717) is 0 Å². The second-order valence-corrected chi connectivity index (χ2v) is 33.7. The van der Waals surface area contributed by atoms with Crippen LogP contribution in [0.5, 0.6) is 0 Å². The summed E-state index contributed by atoms with van der Waals surface area (Å²) in [6, 6.07) is 179. The minimum atomic E-state index is 0.964. The third-order valence-corrected chi connectivity index (χ3v) is 25.8. The molecule has 0 spiro atoms. The fraction of sp³-hybridized carbons (Fsp3) is 0. The Morgan fingerprint density at radius 3 is 0.788 bits per heavy atom. The Kier molecular flexibility index (Phi) is 22.3. The lowest BCUT2D eigenvalue weighted by atomic mass is 10.0. The fourth-order valence-electron chi connectivity index (χ4n) is 18.2. The predicted molar refractivity (Wildman–Crippen MR) is 556 cm³/mol. The van der Waals surface area contributed by atoms with Crippen molar-refractivity contribution in [2.45, 2.75) is 0 Å². The van der Waals surface area contributed by atoms with E-state index in [-0.39, 0.29) is 0 Å². The van der Waals surface area contributed by atoms with Crippen LogP contribution in [0.25, 0.3) is 153 Å². The molecule has 24 aromatic rings. The summed E-state index contributed by atoms with van der Waals surface area (Å²) in [6.07, 6.45) is 5.51. The number of pyridine rings is 3. The Labute approximate surface area is 771 Å². The Balaban J connectivity index is 0.000000117. The molecule has 0 atom stereocenters. The van der Waals surface area contributed by atoms with E-state index in [1.165, 1.54) is 114 Å². The number of rotatable bonds is 18. The summed E-state index contributed by atoms with van der Waals surface area (Å²) in [6.45, 7) is 0. The van der Waals surface area contributed by atoms with Crippen LogP contribution in [0.15, 0.2) is 522 Å². The summed E-state index contributed by atoms with van der Waals surface area (Å²) in [5, 5.41) is 7.63. The Morgan fingerprint density at radius 1 is 0.159 bits per heavy atom. The third-order valence-electron chi connectivity index (χ3n) is 24.7. The van der Waals surface area contributed by atoms with Gasteiger partial charge in [-0.2, -0.15) is 0 Å². The van der Waals surface area contributed by atoms with Crippen LogP contribution in [0, 0.1) is 0 Å². The van der Waals surface area contributed by atoms with Gasteiger partial charge in [-0.25, -0.2) is 0 Å². The normalized spacial score (nSPS) is 11.2. The van der Waals surface area contributed by atoms with Crippen LogP contribution in [-0.2, 0) is 0 Å². The summed E-state index contributed by atoms with van der Waals surface area (Å²) < 4.78 is 7.34. The smallest absolute Gasteiger partial charge is 0.0701 e. The zero-order valence-electron chi connectivity index (χ0n) is 72.1.